The van der Waals surface area contributed by atoms with Crippen LogP contribution >= 0.6 is 11.3 Å². The zero-order chi connectivity index (χ0) is 62.0. The van der Waals surface area contributed by atoms with Gasteiger partial charge in [0.1, 0.15) is 11.7 Å². The number of benzene rings is 11. The predicted octanol–water partition coefficient (Wildman–Crippen LogP) is 20.1. The maximum Gasteiger partial charge on any atom is 0.237 e. The summed E-state index contributed by atoms with van der Waals surface area (Å²) in [4.78, 5) is 4.72. The van der Waals surface area contributed by atoms with Gasteiger partial charge in [-0.15, -0.1) is 11.3 Å². The highest BCUT2D eigenvalue weighted by molar-refractivity contribution is 7.26. The Morgan fingerprint density at radius 1 is 0.475 bits per heavy atom. The molecule has 0 amide bonds. The maximum atomic E-state index is 13.0. The van der Waals surface area contributed by atoms with Crippen LogP contribution in [0.15, 0.2) is 217 Å². The minimum Gasteiger partial charge on any atom is -0.454 e. The fourth-order valence-electron chi connectivity index (χ4n) is 12.9. The van der Waals surface area contributed by atoms with E-state index in [9.17, 15) is 22.8 Å². The fourth-order valence-corrected chi connectivity index (χ4v) is 14.0. The number of furan rings is 1. The third-order valence-corrected chi connectivity index (χ3v) is 17.4. The molecular weight excluding hydrogens is 997 g/mol. The third kappa shape index (κ3) is 5.79. The average Bonchev–Trinajstić information content (AvgIpc) is 1.48. The molecule has 374 valence electrons. The van der Waals surface area contributed by atoms with Crippen LogP contribution in [0.2, 0.25) is 0 Å². The first kappa shape index (κ1) is 35.9. The lowest BCUT2D eigenvalue weighted by Gasteiger charge is -2.27. The van der Waals surface area contributed by atoms with Gasteiger partial charge in [0.05, 0.1) is 97.4 Å². The molecule has 0 aliphatic carbocycles. The van der Waals surface area contributed by atoms with Gasteiger partial charge in [-0.3, -0.25) is 0 Å². The third-order valence-electron chi connectivity index (χ3n) is 16.3. The molecule has 17 aromatic rings. The van der Waals surface area contributed by atoms with E-state index in [4.69, 9.17) is 12.0 Å². The minimum absolute atomic E-state index is 0.00389. The van der Waals surface area contributed by atoms with Gasteiger partial charge in [0.2, 0.25) is 5.69 Å². The van der Waals surface area contributed by atoms with Crippen molar-refractivity contribution < 1.29 is 18.1 Å². The maximum absolute atomic E-state index is 13.0. The molecule has 0 aliphatic rings. The molecule has 0 radical (unpaired) electrons. The second kappa shape index (κ2) is 16.1. The van der Waals surface area contributed by atoms with Crippen LogP contribution in [-0.4, -0.2) is 18.3 Å². The zero-order valence-corrected chi connectivity index (χ0v) is 43.8. The van der Waals surface area contributed by atoms with Crippen LogP contribution in [0.25, 0.3) is 157 Å². The summed E-state index contributed by atoms with van der Waals surface area (Å²) in [6.45, 7) is 16.5. The first-order valence-electron chi connectivity index (χ1n) is 31.2. The Kier molecular flexibility index (Phi) is 7.21. The van der Waals surface area contributed by atoms with E-state index in [0.29, 0.717) is 44.3 Å². The molecule has 0 N–H and O–H groups in total. The van der Waals surface area contributed by atoms with Crippen LogP contribution in [-0.2, 0) is 5.41 Å². The van der Waals surface area contributed by atoms with Gasteiger partial charge in [-0.25, -0.2) is 4.85 Å². The van der Waals surface area contributed by atoms with Crippen molar-refractivity contribution in [3.8, 4) is 28.8 Å². The monoisotopic (exact) mass is 1050 g/mol. The van der Waals surface area contributed by atoms with Crippen LogP contribution in [0.3, 0.4) is 0 Å². The van der Waals surface area contributed by atoms with E-state index >= 15 is 0 Å². The van der Waals surface area contributed by atoms with E-state index in [2.05, 4.69) is 51.1 Å². The normalized spacial score (nSPS) is 14.2. The number of thiophene rings is 1. The molecule has 0 aliphatic heterocycles. The fraction of sp³-hybridized carbons (Fsp3) is 0.0556. The Hall–Kier alpha value is -10.4. The number of fused-ring (bicyclic) bond motifs is 20. The molecule has 11 aromatic carbocycles. The largest absolute Gasteiger partial charge is 0.454 e. The number of nitriles is 1. The van der Waals surface area contributed by atoms with Crippen molar-refractivity contribution in [2.24, 2.45) is 0 Å². The Bertz CT molecular complexity index is 6060. The minimum atomic E-state index is -0.615. The summed E-state index contributed by atoms with van der Waals surface area (Å²) in [5.41, 5.74) is 6.13. The standard InChI is InChI=1S/C72H44N6OS/c1-72(2,3)41-33-38-60-53(39-41)50-34-36-51-47-24-10-17-31-61(47)79-70(51)66(50)77(60)64-54(40-73)65(75-55-26-12-5-19-42(55)43-20-6-13-27-56(43)75)69(68(63(64)74-4)76-57-28-14-7-21-44(57)45-22-8-15-29-58(45)76)78-59-30-16-9-23-46(59)49-35-37-52-48-25-11-18-32-62(48)80-71(52)67(49)78/h5-39H,1-3H3/i9D,11D,16D,18D,23D,25D,30D,32D,35D,37D. The van der Waals surface area contributed by atoms with Crippen molar-refractivity contribution in [3.05, 3.63) is 235 Å². The molecule has 0 spiro atoms. The summed E-state index contributed by atoms with van der Waals surface area (Å²) in [6, 6.07) is 47.1. The number of aromatic nitrogens is 4. The molecule has 6 heterocycles. The van der Waals surface area contributed by atoms with Gasteiger partial charge in [0, 0.05) is 69.3 Å². The molecule has 6 aromatic heterocycles. The van der Waals surface area contributed by atoms with E-state index in [1.165, 1.54) is 0 Å². The highest BCUT2D eigenvalue weighted by Gasteiger charge is 2.36. The van der Waals surface area contributed by atoms with Crippen LogP contribution in [0, 0.1) is 17.9 Å². The molecule has 0 fully saturated rings. The molecule has 17 rings (SSSR count). The van der Waals surface area contributed by atoms with Crippen molar-refractivity contribution in [1.29, 1.82) is 5.26 Å². The Labute approximate surface area is 475 Å². The summed E-state index contributed by atoms with van der Waals surface area (Å²) in [5.74, 6) is 0. The van der Waals surface area contributed by atoms with Gasteiger partial charge < -0.3 is 22.7 Å². The summed E-state index contributed by atoms with van der Waals surface area (Å²) in [7, 11) is 0. The van der Waals surface area contributed by atoms with Crippen molar-refractivity contribution in [1.82, 2.24) is 18.3 Å². The first-order chi connectivity index (χ1) is 43.5. The first-order valence-corrected chi connectivity index (χ1v) is 27.0. The van der Waals surface area contributed by atoms with E-state index in [-0.39, 0.29) is 87.4 Å². The number of nitrogens with zero attached hydrogens (tertiary/aromatic N) is 6. The zero-order valence-electron chi connectivity index (χ0n) is 52.9. The highest BCUT2D eigenvalue weighted by atomic mass is 32.1. The van der Waals surface area contributed by atoms with Crippen LogP contribution in [0.4, 0.5) is 5.69 Å². The Morgan fingerprint density at radius 2 is 1.02 bits per heavy atom. The second-order valence-corrected chi connectivity index (χ2v) is 22.4. The van der Waals surface area contributed by atoms with Crippen molar-refractivity contribution in [3.63, 3.8) is 0 Å². The molecule has 0 bridgehead atoms. The van der Waals surface area contributed by atoms with E-state index in [0.717, 1.165) is 60.0 Å². The van der Waals surface area contributed by atoms with Gasteiger partial charge in [-0.2, -0.15) is 5.26 Å². The summed E-state index contributed by atoms with van der Waals surface area (Å²) in [6.07, 6.45) is 0. The van der Waals surface area contributed by atoms with E-state index < -0.39 is 54.4 Å². The lowest BCUT2D eigenvalue weighted by molar-refractivity contribution is 0.591. The van der Waals surface area contributed by atoms with Crippen LogP contribution in [0.1, 0.15) is 45.6 Å². The number of rotatable bonds is 4. The van der Waals surface area contributed by atoms with Crippen molar-refractivity contribution >= 4 is 146 Å². The Balaban J connectivity index is 1.25. The van der Waals surface area contributed by atoms with Crippen molar-refractivity contribution in [2.45, 2.75) is 26.2 Å². The molecular formula is C72H44N6OS. The number of hydrogen-bond acceptors (Lipinski definition) is 3. The molecule has 7 nitrogen and oxygen atoms in total. The molecule has 8 heteroatoms. The lowest BCUT2D eigenvalue weighted by atomic mass is 9.86. The van der Waals surface area contributed by atoms with Gasteiger partial charge in [0.15, 0.2) is 5.58 Å². The molecule has 80 heavy (non-hydrogen) atoms. The number of hydrogen-bond donors (Lipinski definition) is 0. The molecule has 0 saturated heterocycles. The van der Waals surface area contributed by atoms with Crippen molar-refractivity contribution in [2.75, 3.05) is 0 Å². The average molecular weight is 1050 g/mol. The van der Waals surface area contributed by atoms with Gasteiger partial charge >= 0.3 is 0 Å². The highest BCUT2D eigenvalue weighted by Crippen LogP contribution is 2.54. The van der Waals surface area contributed by atoms with E-state index in [1.807, 2.05) is 141 Å². The molecule has 0 unspecified atom stereocenters. The van der Waals surface area contributed by atoms with Gasteiger partial charge in [0.25, 0.3) is 0 Å². The summed E-state index contributed by atoms with van der Waals surface area (Å²) >= 11 is 0.963. The summed E-state index contributed by atoms with van der Waals surface area (Å²) in [5, 5.41) is 19.3. The smallest absolute Gasteiger partial charge is 0.237 e. The van der Waals surface area contributed by atoms with E-state index in [1.54, 1.807) is 4.57 Å². The van der Waals surface area contributed by atoms with Gasteiger partial charge in [-0.05, 0) is 71.6 Å². The lowest BCUT2D eigenvalue weighted by Crippen LogP contribution is -2.15. The number of para-hydroxylation sites is 6. The molecule has 0 saturated carbocycles. The quantitative estimate of drug-likeness (QED) is 0.165. The van der Waals surface area contributed by atoms with Gasteiger partial charge in [-0.1, -0.05) is 172 Å². The second-order valence-electron chi connectivity index (χ2n) is 21.4. The topological polar surface area (TPSA) is 61.0 Å². The van der Waals surface area contributed by atoms with Crippen LogP contribution in [0.5, 0.6) is 0 Å². The van der Waals surface area contributed by atoms with Crippen LogP contribution < -0.4 is 0 Å². The predicted molar refractivity (Wildman–Crippen MR) is 334 cm³/mol. The Morgan fingerprint density at radius 3 is 1.68 bits per heavy atom. The molecule has 0 atom stereocenters. The SMILES string of the molecule is [2H]c1c([2H])c([2H])c2c(sc3c2c([2H])c([2H])c2c4c([2H])c([2H])c([2H])c([2H])c4n(-c4c(-n5c6ccccc6c6ccccc65)c(C#N)c(-n5c6ccc(C(C)(C)C)cc6c6ccc7c8ccccc8oc7c65)c([N+]#[C-])c4-n4c5ccccc5c5ccccc54)c32)c1[2H]. The summed E-state index contributed by atoms with van der Waals surface area (Å²) < 4.78 is 111.